The number of rotatable bonds is 12. The molecule has 6 nitrogen and oxygen atoms in total. The van der Waals surface area contributed by atoms with Crippen molar-refractivity contribution in [2.75, 3.05) is 13.1 Å². The summed E-state index contributed by atoms with van der Waals surface area (Å²) in [6, 6.07) is 22.3. The van der Waals surface area contributed by atoms with Crippen LogP contribution in [0.25, 0.3) is 43.6 Å². The van der Waals surface area contributed by atoms with Crippen LogP contribution < -0.4 is 5.73 Å². The van der Waals surface area contributed by atoms with Gasteiger partial charge in [0.15, 0.2) is 0 Å². The Kier molecular flexibility index (Phi) is 8.75. The van der Waals surface area contributed by atoms with E-state index in [1.807, 2.05) is 0 Å². The molecule has 4 aromatic heterocycles. The molecule has 230 valence electrons. The average molecular weight is 589 g/mol. The van der Waals surface area contributed by atoms with Crippen molar-refractivity contribution in [1.29, 1.82) is 0 Å². The van der Waals surface area contributed by atoms with Gasteiger partial charge in [-0.3, -0.25) is 14.9 Å². The van der Waals surface area contributed by atoms with E-state index >= 15 is 0 Å². The van der Waals surface area contributed by atoms with Gasteiger partial charge in [-0.2, -0.15) is 0 Å². The van der Waals surface area contributed by atoms with E-state index in [1.54, 1.807) is 0 Å². The molecule has 44 heavy (non-hydrogen) atoms. The standard InChI is InChI=1S/C38H48N6/c1-25(2)21-43-35-15-9-7-13-31(35)33-19-29(40-27(5)37(33)43)23-42(18-12-11-17-39)24-30-20-34-32-14-8-10-16-36(32)44(22-26(3)4)38(34)28(6)41-30/h7-10,13-16,19-20,25-26H,11-12,17-18,21-24,39H2,1-6H3. The molecule has 0 bridgehead atoms. The lowest BCUT2D eigenvalue weighted by molar-refractivity contribution is 0.246. The largest absolute Gasteiger partial charge is 0.339 e. The molecule has 6 aromatic rings. The van der Waals surface area contributed by atoms with Crippen molar-refractivity contribution in [1.82, 2.24) is 24.0 Å². The van der Waals surface area contributed by atoms with Crippen molar-refractivity contribution < 1.29 is 0 Å². The molecule has 0 aliphatic carbocycles. The molecule has 0 aliphatic rings. The van der Waals surface area contributed by atoms with Crippen LogP contribution in [0, 0.1) is 25.7 Å². The first-order valence-corrected chi connectivity index (χ1v) is 16.4. The van der Waals surface area contributed by atoms with Gasteiger partial charge in [0.1, 0.15) is 0 Å². The van der Waals surface area contributed by atoms with E-state index in [1.165, 1.54) is 43.6 Å². The number of unbranched alkanes of at least 4 members (excludes halogenated alkanes) is 1. The maximum absolute atomic E-state index is 5.92. The van der Waals surface area contributed by atoms with Gasteiger partial charge in [-0.15, -0.1) is 0 Å². The Hall–Kier alpha value is -3.74. The van der Waals surface area contributed by atoms with E-state index in [0.717, 1.165) is 68.3 Å². The summed E-state index contributed by atoms with van der Waals surface area (Å²) in [5.41, 5.74) is 15.5. The van der Waals surface area contributed by atoms with E-state index < -0.39 is 0 Å². The zero-order valence-electron chi connectivity index (χ0n) is 27.4. The first-order valence-electron chi connectivity index (χ1n) is 16.4. The molecule has 0 spiro atoms. The van der Waals surface area contributed by atoms with Crippen molar-refractivity contribution >= 4 is 43.6 Å². The van der Waals surface area contributed by atoms with Gasteiger partial charge >= 0.3 is 0 Å². The summed E-state index contributed by atoms with van der Waals surface area (Å²) >= 11 is 0. The van der Waals surface area contributed by atoms with Gasteiger partial charge in [-0.05, 0) is 75.9 Å². The van der Waals surface area contributed by atoms with E-state index in [9.17, 15) is 0 Å². The van der Waals surface area contributed by atoms with Crippen LogP contribution in [0.4, 0.5) is 0 Å². The number of fused-ring (bicyclic) bond motifs is 6. The molecule has 6 rings (SSSR count). The molecule has 0 atom stereocenters. The summed E-state index contributed by atoms with van der Waals surface area (Å²) < 4.78 is 4.94. The van der Waals surface area contributed by atoms with Crippen molar-refractivity contribution in [3.63, 3.8) is 0 Å². The summed E-state index contributed by atoms with van der Waals surface area (Å²) in [5, 5.41) is 5.23. The number of nitrogens with two attached hydrogens (primary N) is 1. The van der Waals surface area contributed by atoms with Crippen molar-refractivity contribution in [3.05, 3.63) is 83.4 Å². The molecule has 4 heterocycles. The molecule has 0 amide bonds. The summed E-state index contributed by atoms with van der Waals surface area (Å²) in [4.78, 5) is 12.9. The van der Waals surface area contributed by atoms with Crippen LogP contribution in [-0.4, -0.2) is 37.1 Å². The zero-order valence-corrected chi connectivity index (χ0v) is 27.4. The Morgan fingerprint density at radius 1 is 0.659 bits per heavy atom. The quantitative estimate of drug-likeness (QED) is 0.146. The highest BCUT2D eigenvalue weighted by Gasteiger charge is 2.19. The molecule has 0 fully saturated rings. The number of hydrogen-bond acceptors (Lipinski definition) is 4. The first-order chi connectivity index (χ1) is 21.2. The van der Waals surface area contributed by atoms with E-state index in [-0.39, 0.29) is 0 Å². The van der Waals surface area contributed by atoms with E-state index in [0.29, 0.717) is 18.4 Å². The van der Waals surface area contributed by atoms with Crippen LogP contribution in [-0.2, 0) is 26.2 Å². The van der Waals surface area contributed by atoms with Crippen LogP contribution in [0.5, 0.6) is 0 Å². The number of aromatic nitrogens is 4. The summed E-state index contributed by atoms with van der Waals surface area (Å²) in [5.74, 6) is 1.11. The Bertz CT molecular complexity index is 1790. The Morgan fingerprint density at radius 2 is 1.11 bits per heavy atom. The lowest BCUT2D eigenvalue weighted by atomic mass is 10.1. The smallest absolute Gasteiger partial charge is 0.0707 e. The van der Waals surface area contributed by atoms with Gasteiger partial charge in [0, 0.05) is 58.8 Å². The summed E-state index contributed by atoms with van der Waals surface area (Å²) in [6.07, 6.45) is 2.07. The fourth-order valence-electron chi connectivity index (χ4n) is 7.09. The van der Waals surface area contributed by atoms with Crippen LogP contribution >= 0.6 is 0 Å². The molecule has 0 unspecified atom stereocenters. The van der Waals surface area contributed by atoms with Gasteiger partial charge < -0.3 is 14.9 Å². The minimum absolute atomic E-state index is 0.554. The molecule has 0 saturated carbocycles. The lowest BCUT2D eigenvalue weighted by Gasteiger charge is -2.22. The SMILES string of the molecule is Cc1nc(CN(CCCCN)Cc2cc3c4ccccc4n(CC(C)C)c3c(C)n2)cc2c3ccccc3n(CC(C)C)c12. The highest BCUT2D eigenvalue weighted by molar-refractivity contribution is 6.09. The number of hydrogen-bond donors (Lipinski definition) is 1. The molecule has 0 aliphatic heterocycles. The first kappa shape index (κ1) is 30.3. The number of aryl methyl sites for hydroxylation is 2. The third kappa shape index (κ3) is 5.85. The third-order valence-electron chi connectivity index (χ3n) is 8.75. The second kappa shape index (κ2) is 12.7. The highest BCUT2D eigenvalue weighted by Crippen LogP contribution is 2.34. The molecule has 2 N–H and O–H groups in total. The summed E-state index contributed by atoms with van der Waals surface area (Å²) in [6.45, 7) is 18.7. The molecular formula is C38H48N6. The van der Waals surface area contributed by atoms with E-state index in [2.05, 4.69) is 116 Å². The van der Waals surface area contributed by atoms with Crippen LogP contribution in [0.3, 0.4) is 0 Å². The van der Waals surface area contributed by atoms with E-state index in [4.69, 9.17) is 15.7 Å². The predicted octanol–water partition coefficient (Wildman–Crippen LogP) is 8.36. The number of nitrogens with zero attached hydrogens (tertiary/aromatic N) is 5. The Labute approximate surface area is 261 Å². The Morgan fingerprint density at radius 3 is 1.55 bits per heavy atom. The lowest BCUT2D eigenvalue weighted by Crippen LogP contribution is -2.26. The maximum atomic E-state index is 5.92. The van der Waals surface area contributed by atoms with Crippen LogP contribution in [0.1, 0.15) is 63.3 Å². The van der Waals surface area contributed by atoms with Crippen molar-refractivity contribution in [2.45, 2.75) is 80.6 Å². The van der Waals surface area contributed by atoms with Gasteiger partial charge in [0.05, 0.1) is 33.8 Å². The van der Waals surface area contributed by atoms with Crippen molar-refractivity contribution in [3.8, 4) is 0 Å². The summed E-state index contributed by atoms with van der Waals surface area (Å²) in [7, 11) is 0. The zero-order chi connectivity index (χ0) is 31.0. The predicted molar refractivity (Wildman–Crippen MR) is 186 cm³/mol. The van der Waals surface area contributed by atoms with Gasteiger partial charge in [0.25, 0.3) is 0 Å². The molecule has 0 saturated heterocycles. The third-order valence-corrected chi connectivity index (χ3v) is 8.75. The Balaban J connectivity index is 1.38. The number of benzene rings is 2. The number of para-hydroxylation sites is 2. The van der Waals surface area contributed by atoms with Gasteiger partial charge in [-0.25, -0.2) is 0 Å². The van der Waals surface area contributed by atoms with Crippen LogP contribution in [0.15, 0.2) is 60.7 Å². The van der Waals surface area contributed by atoms with Gasteiger partial charge in [0.2, 0.25) is 0 Å². The molecule has 6 heteroatoms. The molecule has 0 radical (unpaired) electrons. The normalized spacial score (nSPS) is 12.4. The minimum atomic E-state index is 0.554. The monoisotopic (exact) mass is 588 g/mol. The second-order valence-electron chi connectivity index (χ2n) is 13.4. The minimum Gasteiger partial charge on any atom is -0.339 e. The molecule has 2 aromatic carbocycles. The maximum Gasteiger partial charge on any atom is 0.0707 e. The van der Waals surface area contributed by atoms with Gasteiger partial charge in [-0.1, -0.05) is 64.1 Å². The topological polar surface area (TPSA) is 64.9 Å². The fraction of sp³-hybridized carbons (Fsp3) is 0.421. The van der Waals surface area contributed by atoms with Crippen molar-refractivity contribution in [2.24, 2.45) is 17.6 Å². The number of pyridine rings is 2. The highest BCUT2D eigenvalue weighted by atomic mass is 15.1. The second-order valence-corrected chi connectivity index (χ2v) is 13.4. The fourth-order valence-corrected chi connectivity index (χ4v) is 7.09. The van der Waals surface area contributed by atoms with Crippen LogP contribution in [0.2, 0.25) is 0 Å². The average Bonchev–Trinajstić information content (AvgIpc) is 3.46. The molecular weight excluding hydrogens is 540 g/mol.